The number of H-pyrrole nitrogens is 1. The summed E-state index contributed by atoms with van der Waals surface area (Å²) in [4.78, 5) is 8.29. The largest absolute Gasteiger partial charge is 0.486 e. The average Bonchev–Trinajstić information content (AvgIpc) is 2.77. The number of aromatic nitrogens is 2. The Hall–Kier alpha value is -1.47. The van der Waals surface area contributed by atoms with Gasteiger partial charge in [-0.3, -0.25) is 0 Å². The summed E-state index contributed by atoms with van der Waals surface area (Å²) in [6, 6.07) is 3.83. The number of rotatable bonds is 4. The second kappa shape index (κ2) is 5.26. The van der Waals surface area contributed by atoms with Crippen LogP contribution in [0.1, 0.15) is 6.42 Å². The van der Waals surface area contributed by atoms with Crippen molar-refractivity contribution < 1.29 is 9.47 Å². The van der Waals surface area contributed by atoms with Gasteiger partial charge in [-0.1, -0.05) is 24.0 Å². The fraction of sp³-hybridized carbons (Fsp3) is 0.333. The number of imidazole rings is 1. The van der Waals surface area contributed by atoms with Crippen LogP contribution in [0.25, 0.3) is 11.0 Å². The van der Waals surface area contributed by atoms with Crippen molar-refractivity contribution >= 4 is 40.0 Å². The molecule has 19 heavy (non-hydrogen) atoms. The molecule has 2 heterocycles. The number of thioether (sulfide) groups is 1. The van der Waals surface area contributed by atoms with Crippen LogP contribution in [0.4, 0.5) is 0 Å². The Labute approximate surface area is 119 Å². The summed E-state index contributed by atoms with van der Waals surface area (Å²) in [6.45, 7) is 1.17. The number of benzene rings is 1. The smallest absolute Gasteiger partial charge is 0.166 e. The van der Waals surface area contributed by atoms with Crippen molar-refractivity contribution in [1.82, 2.24) is 9.97 Å². The molecule has 0 fully saturated rings. The Balaban J connectivity index is 1.82. The number of aromatic amines is 1. The van der Waals surface area contributed by atoms with E-state index < -0.39 is 0 Å². The van der Waals surface area contributed by atoms with E-state index in [9.17, 15) is 0 Å². The molecule has 0 radical (unpaired) electrons. The van der Waals surface area contributed by atoms with Gasteiger partial charge in [0.15, 0.2) is 16.7 Å². The molecule has 2 aromatic rings. The van der Waals surface area contributed by atoms with Gasteiger partial charge in [-0.2, -0.15) is 0 Å². The van der Waals surface area contributed by atoms with E-state index in [2.05, 4.69) is 9.97 Å². The summed E-state index contributed by atoms with van der Waals surface area (Å²) in [7, 11) is 0. The standard InChI is InChI=1S/C12H13N3O2S2/c13-11(18)1-4-19-12-14-7-5-9-10(6-8(7)15-12)17-3-2-16-9/h5-6H,1-4H2,(H2,13,18)(H,14,15). The molecule has 0 saturated heterocycles. The van der Waals surface area contributed by atoms with Crippen LogP contribution in [0.2, 0.25) is 0 Å². The first-order chi connectivity index (χ1) is 9.22. The zero-order valence-electron chi connectivity index (χ0n) is 10.1. The summed E-state index contributed by atoms with van der Waals surface area (Å²) in [5.41, 5.74) is 7.29. The van der Waals surface area contributed by atoms with E-state index in [0.29, 0.717) is 24.6 Å². The van der Waals surface area contributed by atoms with Crippen molar-refractivity contribution in [2.75, 3.05) is 19.0 Å². The normalized spacial score (nSPS) is 13.7. The van der Waals surface area contributed by atoms with E-state index in [0.717, 1.165) is 33.4 Å². The second-order valence-corrected chi connectivity index (χ2v) is 5.73. The molecule has 0 aliphatic carbocycles. The zero-order valence-corrected chi connectivity index (χ0v) is 11.8. The van der Waals surface area contributed by atoms with Crippen LogP contribution in [0.15, 0.2) is 17.3 Å². The van der Waals surface area contributed by atoms with Crippen molar-refractivity contribution in [3.8, 4) is 11.5 Å². The summed E-state index contributed by atoms with van der Waals surface area (Å²) in [5.74, 6) is 2.34. The molecule has 1 aliphatic rings. The molecule has 0 saturated carbocycles. The van der Waals surface area contributed by atoms with Gasteiger partial charge < -0.3 is 20.2 Å². The quantitative estimate of drug-likeness (QED) is 0.665. The number of ether oxygens (including phenoxy) is 2. The first kappa shape index (κ1) is 12.6. The van der Waals surface area contributed by atoms with Gasteiger partial charge in [-0.05, 0) is 0 Å². The molecule has 0 bridgehead atoms. The molecule has 0 amide bonds. The Morgan fingerprint density at radius 3 is 2.84 bits per heavy atom. The number of hydrogen-bond acceptors (Lipinski definition) is 5. The van der Waals surface area contributed by atoms with E-state index >= 15 is 0 Å². The first-order valence-electron chi connectivity index (χ1n) is 5.93. The molecule has 0 unspecified atom stereocenters. The van der Waals surface area contributed by atoms with E-state index in [1.807, 2.05) is 12.1 Å². The molecule has 3 N–H and O–H groups in total. The van der Waals surface area contributed by atoms with Gasteiger partial charge in [0, 0.05) is 24.3 Å². The lowest BCUT2D eigenvalue weighted by molar-refractivity contribution is 0.172. The highest BCUT2D eigenvalue weighted by Gasteiger charge is 2.14. The lowest BCUT2D eigenvalue weighted by Gasteiger charge is -2.17. The number of hydrogen-bond donors (Lipinski definition) is 2. The Bertz CT molecular complexity index is 584. The van der Waals surface area contributed by atoms with Gasteiger partial charge in [-0.25, -0.2) is 4.98 Å². The highest BCUT2D eigenvalue weighted by molar-refractivity contribution is 7.99. The number of fused-ring (bicyclic) bond motifs is 2. The number of thiocarbonyl (C=S) groups is 1. The highest BCUT2D eigenvalue weighted by atomic mass is 32.2. The van der Waals surface area contributed by atoms with Crippen LogP contribution >= 0.6 is 24.0 Å². The number of nitrogens with two attached hydrogens (primary N) is 1. The summed E-state index contributed by atoms with van der Waals surface area (Å²) in [5, 5.41) is 0.855. The molecule has 1 aromatic carbocycles. The summed E-state index contributed by atoms with van der Waals surface area (Å²) >= 11 is 6.45. The van der Waals surface area contributed by atoms with Crippen molar-refractivity contribution in [1.29, 1.82) is 0 Å². The Morgan fingerprint density at radius 1 is 1.37 bits per heavy atom. The molecule has 1 aromatic heterocycles. The minimum absolute atomic E-state index is 0.529. The maximum absolute atomic E-state index is 5.54. The third-order valence-corrected chi connectivity index (χ3v) is 3.79. The number of nitrogens with one attached hydrogen (secondary N) is 1. The van der Waals surface area contributed by atoms with Crippen LogP contribution < -0.4 is 15.2 Å². The average molecular weight is 295 g/mol. The zero-order chi connectivity index (χ0) is 13.2. The predicted molar refractivity (Wildman–Crippen MR) is 79.2 cm³/mol. The van der Waals surface area contributed by atoms with Gasteiger partial charge in [0.1, 0.15) is 13.2 Å². The van der Waals surface area contributed by atoms with Crippen LogP contribution in [0.5, 0.6) is 11.5 Å². The molecule has 0 atom stereocenters. The monoisotopic (exact) mass is 295 g/mol. The maximum Gasteiger partial charge on any atom is 0.166 e. The molecule has 100 valence electrons. The minimum atomic E-state index is 0.529. The fourth-order valence-corrected chi connectivity index (χ4v) is 2.93. The molecule has 7 heteroatoms. The first-order valence-corrected chi connectivity index (χ1v) is 7.32. The highest BCUT2D eigenvalue weighted by Crippen LogP contribution is 2.34. The lowest BCUT2D eigenvalue weighted by Crippen LogP contribution is -2.15. The molecular formula is C12H13N3O2S2. The van der Waals surface area contributed by atoms with Crippen LogP contribution in [0.3, 0.4) is 0 Å². The SMILES string of the molecule is NC(=S)CCSc1nc2cc3c(cc2[nH]1)OCCO3. The molecule has 0 spiro atoms. The third kappa shape index (κ3) is 2.76. The number of nitrogens with zero attached hydrogens (tertiary/aromatic N) is 1. The van der Waals surface area contributed by atoms with Crippen LogP contribution in [-0.2, 0) is 0 Å². The van der Waals surface area contributed by atoms with Gasteiger partial charge in [0.05, 0.1) is 16.0 Å². The maximum atomic E-state index is 5.54. The van der Waals surface area contributed by atoms with Crippen LogP contribution in [-0.4, -0.2) is 33.9 Å². The molecule has 5 nitrogen and oxygen atoms in total. The second-order valence-electron chi connectivity index (χ2n) is 4.12. The lowest BCUT2D eigenvalue weighted by atomic mass is 10.2. The minimum Gasteiger partial charge on any atom is -0.486 e. The van der Waals surface area contributed by atoms with Gasteiger partial charge >= 0.3 is 0 Å². The predicted octanol–water partition coefficient (Wildman–Crippen LogP) is 2.10. The van der Waals surface area contributed by atoms with E-state index in [4.69, 9.17) is 27.4 Å². The Morgan fingerprint density at radius 2 is 2.11 bits per heavy atom. The van der Waals surface area contributed by atoms with E-state index in [1.54, 1.807) is 11.8 Å². The van der Waals surface area contributed by atoms with Crippen LogP contribution in [0, 0.1) is 0 Å². The van der Waals surface area contributed by atoms with E-state index in [-0.39, 0.29) is 0 Å². The molecule has 1 aliphatic heterocycles. The summed E-state index contributed by atoms with van der Waals surface area (Å²) < 4.78 is 11.1. The van der Waals surface area contributed by atoms with Crippen molar-refractivity contribution in [3.63, 3.8) is 0 Å². The third-order valence-electron chi connectivity index (χ3n) is 2.71. The topological polar surface area (TPSA) is 73.2 Å². The van der Waals surface area contributed by atoms with Gasteiger partial charge in [0.25, 0.3) is 0 Å². The summed E-state index contributed by atoms with van der Waals surface area (Å²) in [6.07, 6.45) is 0.708. The Kier molecular flexibility index (Phi) is 3.48. The fourth-order valence-electron chi connectivity index (χ4n) is 1.84. The molecule has 3 rings (SSSR count). The van der Waals surface area contributed by atoms with Gasteiger partial charge in [0.2, 0.25) is 0 Å². The van der Waals surface area contributed by atoms with Crippen molar-refractivity contribution in [3.05, 3.63) is 12.1 Å². The van der Waals surface area contributed by atoms with Gasteiger partial charge in [-0.15, -0.1) is 0 Å². The molecular weight excluding hydrogens is 282 g/mol. The van der Waals surface area contributed by atoms with Crippen molar-refractivity contribution in [2.45, 2.75) is 11.6 Å². The van der Waals surface area contributed by atoms with Crippen molar-refractivity contribution in [2.24, 2.45) is 5.73 Å². The van der Waals surface area contributed by atoms with E-state index in [1.165, 1.54) is 0 Å².